The van der Waals surface area contributed by atoms with Gasteiger partial charge in [-0.2, -0.15) is 13.5 Å². The Bertz CT molecular complexity index is 1320. The Labute approximate surface area is 212 Å². The number of hydrogen-bond donors (Lipinski definition) is 1. The van der Waals surface area contributed by atoms with Gasteiger partial charge < -0.3 is 9.50 Å². The standard InChI is InChI=1S/C27H32N4O4S/c1-36(33,34)35-26-11-8-22-18-30(19-23(22)17-26)15-12-20-6-9-24(10-7-20)29-27(32)21-4-2-5-25(16-21)31-14-3-13-28-31/h2-5,8,11,13-14,16-17,20,24H,6-7,9-10,12,15,18-19H2,1H3,(H,29,32). The summed E-state index contributed by atoms with van der Waals surface area (Å²) < 4.78 is 29.6. The number of fused-ring (bicyclic) bond motifs is 1. The highest BCUT2D eigenvalue weighted by Gasteiger charge is 2.25. The third kappa shape index (κ3) is 6.14. The number of amides is 1. The molecule has 3 aromatic rings. The Morgan fingerprint density at radius 1 is 1.06 bits per heavy atom. The molecule has 2 aliphatic rings. The van der Waals surface area contributed by atoms with E-state index in [9.17, 15) is 13.2 Å². The van der Waals surface area contributed by atoms with Gasteiger partial charge in [0.25, 0.3) is 5.91 Å². The molecule has 0 bridgehead atoms. The van der Waals surface area contributed by atoms with Crippen molar-refractivity contribution >= 4 is 16.0 Å². The maximum absolute atomic E-state index is 12.8. The molecule has 1 saturated carbocycles. The van der Waals surface area contributed by atoms with E-state index in [0.29, 0.717) is 17.2 Å². The predicted molar refractivity (Wildman–Crippen MR) is 137 cm³/mol. The Balaban J connectivity index is 1.06. The smallest absolute Gasteiger partial charge is 0.306 e. The van der Waals surface area contributed by atoms with Crippen molar-refractivity contribution in [3.8, 4) is 11.4 Å². The minimum absolute atomic E-state index is 0.0264. The van der Waals surface area contributed by atoms with Gasteiger partial charge in [0.05, 0.1) is 11.9 Å². The number of nitrogens with one attached hydrogen (secondary N) is 1. The summed E-state index contributed by atoms with van der Waals surface area (Å²) in [7, 11) is -3.52. The SMILES string of the molecule is CS(=O)(=O)Oc1ccc2c(c1)CN(CCC1CCC(NC(=O)c3cccc(-n4cccn4)c3)CC1)C2. The number of rotatable bonds is 8. The van der Waals surface area contributed by atoms with Crippen LogP contribution in [0, 0.1) is 5.92 Å². The van der Waals surface area contributed by atoms with Gasteiger partial charge in [0.15, 0.2) is 0 Å². The van der Waals surface area contributed by atoms with Gasteiger partial charge in [-0.3, -0.25) is 9.69 Å². The van der Waals surface area contributed by atoms with Crippen molar-refractivity contribution in [3.63, 3.8) is 0 Å². The van der Waals surface area contributed by atoms with E-state index >= 15 is 0 Å². The lowest BCUT2D eigenvalue weighted by Gasteiger charge is -2.30. The van der Waals surface area contributed by atoms with Crippen LogP contribution in [-0.2, 0) is 23.2 Å². The maximum Gasteiger partial charge on any atom is 0.306 e. The summed E-state index contributed by atoms with van der Waals surface area (Å²) in [5.41, 5.74) is 3.90. The van der Waals surface area contributed by atoms with Crippen molar-refractivity contribution in [2.75, 3.05) is 12.8 Å². The second kappa shape index (κ2) is 10.4. The first-order valence-electron chi connectivity index (χ1n) is 12.5. The van der Waals surface area contributed by atoms with E-state index in [1.165, 1.54) is 5.56 Å². The summed E-state index contributed by atoms with van der Waals surface area (Å²) in [4.78, 5) is 15.2. The van der Waals surface area contributed by atoms with Crippen LogP contribution in [0.25, 0.3) is 5.69 Å². The molecule has 1 fully saturated rings. The molecule has 0 radical (unpaired) electrons. The number of carbonyl (C=O) groups excluding carboxylic acids is 1. The summed E-state index contributed by atoms with van der Waals surface area (Å²) in [5.74, 6) is 1.02. The zero-order chi connectivity index (χ0) is 25.1. The largest absolute Gasteiger partial charge is 0.383 e. The van der Waals surface area contributed by atoms with Crippen LogP contribution in [0.1, 0.15) is 53.6 Å². The minimum atomic E-state index is -3.52. The van der Waals surface area contributed by atoms with Gasteiger partial charge in [-0.25, -0.2) is 4.68 Å². The van der Waals surface area contributed by atoms with Crippen LogP contribution in [0.4, 0.5) is 0 Å². The van der Waals surface area contributed by atoms with E-state index in [0.717, 1.165) is 69.2 Å². The number of carbonyl (C=O) groups is 1. The summed E-state index contributed by atoms with van der Waals surface area (Å²) in [6.45, 7) is 2.72. The molecule has 1 aliphatic carbocycles. The van der Waals surface area contributed by atoms with Crippen molar-refractivity contribution < 1.29 is 17.4 Å². The summed E-state index contributed by atoms with van der Waals surface area (Å²) >= 11 is 0. The fourth-order valence-corrected chi connectivity index (χ4v) is 5.72. The van der Waals surface area contributed by atoms with E-state index in [1.54, 1.807) is 16.9 Å². The van der Waals surface area contributed by atoms with Crippen molar-refractivity contribution in [1.29, 1.82) is 0 Å². The molecule has 0 saturated heterocycles. The molecular weight excluding hydrogens is 476 g/mol. The zero-order valence-electron chi connectivity index (χ0n) is 20.5. The fourth-order valence-electron chi connectivity index (χ4n) is 5.27. The molecule has 5 rings (SSSR count). The molecule has 0 atom stereocenters. The summed E-state index contributed by atoms with van der Waals surface area (Å²) in [5, 5.41) is 7.46. The van der Waals surface area contributed by atoms with E-state index in [4.69, 9.17) is 4.18 Å². The molecule has 1 N–H and O–H groups in total. The van der Waals surface area contributed by atoms with E-state index in [-0.39, 0.29) is 11.9 Å². The number of aromatic nitrogens is 2. The first-order chi connectivity index (χ1) is 17.3. The van der Waals surface area contributed by atoms with Crippen molar-refractivity contribution in [2.24, 2.45) is 5.92 Å². The quantitative estimate of drug-likeness (QED) is 0.464. The molecule has 0 unspecified atom stereocenters. The second-order valence-electron chi connectivity index (χ2n) is 9.91. The van der Waals surface area contributed by atoms with Gasteiger partial charge in [-0.1, -0.05) is 12.1 Å². The highest BCUT2D eigenvalue weighted by atomic mass is 32.2. The van der Waals surface area contributed by atoms with Gasteiger partial charge in [0.1, 0.15) is 5.75 Å². The third-order valence-corrected chi connectivity index (χ3v) is 7.62. The minimum Gasteiger partial charge on any atom is -0.383 e. The lowest BCUT2D eigenvalue weighted by molar-refractivity contribution is 0.0920. The number of nitrogens with zero attached hydrogens (tertiary/aromatic N) is 3. The molecule has 1 aromatic heterocycles. The Morgan fingerprint density at radius 2 is 1.86 bits per heavy atom. The summed E-state index contributed by atoms with van der Waals surface area (Å²) in [6.07, 6.45) is 10.0. The molecule has 9 heteroatoms. The van der Waals surface area contributed by atoms with E-state index in [1.807, 2.05) is 48.7 Å². The van der Waals surface area contributed by atoms with Crippen molar-refractivity contribution in [3.05, 3.63) is 77.6 Å². The highest BCUT2D eigenvalue weighted by Crippen LogP contribution is 2.31. The molecule has 1 amide bonds. The molecular formula is C27H32N4O4S. The van der Waals surface area contributed by atoms with Crippen LogP contribution in [0.2, 0.25) is 0 Å². The van der Waals surface area contributed by atoms with Crippen LogP contribution in [0.3, 0.4) is 0 Å². The lowest BCUT2D eigenvalue weighted by atomic mass is 9.84. The normalized spacial score (nSPS) is 20.1. The van der Waals surface area contributed by atoms with Gasteiger partial charge in [-0.05, 0) is 92.1 Å². The fraction of sp³-hybridized carbons (Fsp3) is 0.407. The van der Waals surface area contributed by atoms with Crippen LogP contribution in [0.15, 0.2) is 60.9 Å². The van der Waals surface area contributed by atoms with Gasteiger partial charge in [0, 0.05) is 37.1 Å². The molecule has 8 nitrogen and oxygen atoms in total. The van der Waals surface area contributed by atoms with Crippen LogP contribution in [-0.4, -0.2) is 47.8 Å². The maximum atomic E-state index is 12.8. The highest BCUT2D eigenvalue weighted by molar-refractivity contribution is 7.86. The zero-order valence-corrected chi connectivity index (χ0v) is 21.3. The first-order valence-corrected chi connectivity index (χ1v) is 14.3. The first kappa shape index (κ1) is 24.5. The third-order valence-electron chi connectivity index (χ3n) is 7.13. The average Bonchev–Trinajstić information content (AvgIpc) is 3.53. The molecule has 2 heterocycles. The van der Waals surface area contributed by atoms with Crippen LogP contribution < -0.4 is 9.50 Å². The van der Waals surface area contributed by atoms with Gasteiger partial charge in [-0.15, -0.1) is 0 Å². The van der Waals surface area contributed by atoms with Crippen LogP contribution >= 0.6 is 0 Å². The van der Waals surface area contributed by atoms with Gasteiger partial charge in [0.2, 0.25) is 0 Å². The topological polar surface area (TPSA) is 93.5 Å². The number of hydrogen-bond acceptors (Lipinski definition) is 6. The van der Waals surface area contributed by atoms with E-state index in [2.05, 4.69) is 15.3 Å². The van der Waals surface area contributed by atoms with Crippen molar-refractivity contribution in [2.45, 2.75) is 51.2 Å². The average molecular weight is 509 g/mol. The monoisotopic (exact) mass is 508 g/mol. The lowest BCUT2D eigenvalue weighted by Crippen LogP contribution is -2.38. The predicted octanol–water partition coefficient (Wildman–Crippen LogP) is 3.91. The summed E-state index contributed by atoms with van der Waals surface area (Å²) in [6, 6.07) is 15.2. The molecule has 190 valence electrons. The van der Waals surface area contributed by atoms with Crippen molar-refractivity contribution in [1.82, 2.24) is 20.0 Å². The molecule has 2 aromatic carbocycles. The Kier molecular flexibility index (Phi) is 7.11. The van der Waals surface area contributed by atoms with Gasteiger partial charge >= 0.3 is 10.1 Å². The van der Waals surface area contributed by atoms with Crippen LogP contribution in [0.5, 0.6) is 5.75 Å². The molecule has 1 aliphatic heterocycles. The Hall–Kier alpha value is -3.17. The molecule has 0 spiro atoms. The second-order valence-corrected chi connectivity index (χ2v) is 11.5. The Morgan fingerprint density at radius 3 is 2.61 bits per heavy atom. The molecule has 36 heavy (non-hydrogen) atoms. The van der Waals surface area contributed by atoms with E-state index < -0.39 is 10.1 Å². The number of benzene rings is 2.